The Kier molecular flexibility index (Phi) is 6.23. The Morgan fingerprint density at radius 3 is 2.41 bits per heavy atom. The molecule has 3 heterocycles. The van der Waals surface area contributed by atoms with E-state index in [0.29, 0.717) is 25.2 Å². The molecular weight excluding hydrogens is 368 g/mol. The van der Waals surface area contributed by atoms with E-state index >= 15 is 0 Å². The highest BCUT2D eigenvalue weighted by Crippen LogP contribution is 2.36. The van der Waals surface area contributed by atoms with Crippen LogP contribution < -0.4 is 10.6 Å². The lowest BCUT2D eigenvalue weighted by atomic mass is 9.96. The van der Waals surface area contributed by atoms with Crippen LogP contribution in [0.3, 0.4) is 0 Å². The van der Waals surface area contributed by atoms with Crippen molar-refractivity contribution in [2.45, 2.75) is 69.2 Å². The van der Waals surface area contributed by atoms with Crippen molar-refractivity contribution in [1.82, 2.24) is 20.4 Å². The first kappa shape index (κ1) is 20.0. The third-order valence-corrected chi connectivity index (χ3v) is 6.62. The predicted octanol–water partition coefficient (Wildman–Crippen LogP) is 2.71. The molecule has 3 unspecified atom stereocenters. The summed E-state index contributed by atoms with van der Waals surface area (Å²) in [4.78, 5) is 28.6. The lowest BCUT2D eigenvalue weighted by Gasteiger charge is -2.39. The number of carbonyl (C=O) groups is 2. The van der Waals surface area contributed by atoms with Crippen LogP contribution in [0.4, 0.5) is 9.59 Å². The van der Waals surface area contributed by atoms with Crippen LogP contribution in [0.25, 0.3) is 0 Å². The zero-order valence-electron chi connectivity index (χ0n) is 17.2. The Balaban J connectivity index is 1.26. The summed E-state index contributed by atoms with van der Waals surface area (Å²) >= 11 is 0. The molecular formula is C22H32N4O3. The highest BCUT2D eigenvalue weighted by molar-refractivity contribution is 5.75. The zero-order valence-corrected chi connectivity index (χ0v) is 17.2. The third kappa shape index (κ3) is 4.83. The summed E-state index contributed by atoms with van der Waals surface area (Å²) in [5.74, 6) is 0. The number of hydrogen-bond acceptors (Lipinski definition) is 4. The highest BCUT2D eigenvalue weighted by atomic mass is 16.5. The number of fused-ring (bicyclic) bond motifs is 2. The minimum atomic E-state index is -0.320. The van der Waals surface area contributed by atoms with Crippen LogP contribution >= 0.6 is 0 Å². The van der Waals surface area contributed by atoms with Crippen molar-refractivity contribution < 1.29 is 14.3 Å². The summed E-state index contributed by atoms with van der Waals surface area (Å²) in [6, 6.07) is 11.8. The molecule has 1 aromatic rings. The van der Waals surface area contributed by atoms with Crippen molar-refractivity contribution in [1.29, 1.82) is 0 Å². The van der Waals surface area contributed by atoms with Crippen LogP contribution in [0.5, 0.6) is 0 Å². The average molecular weight is 401 g/mol. The number of hydrogen-bond donors (Lipinski definition) is 2. The van der Waals surface area contributed by atoms with E-state index in [2.05, 4.69) is 45.9 Å². The van der Waals surface area contributed by atoms with Gasteiger partial charge in [0, 0.05) is 43.8 Å². The number of benzene rings is 1. The van der Waals surface area contributed by atoms with Gasteiger partial charge in [0.05, 0.1) is 7.11 Å². The molecule has 4 rings (SSSR count). The van der Waals surface area contributed by atoms with Crippen molar-refractivity contribution in [2.75, 3.05) is 20.2 Å². The molecule has 7 heteroatoms. The molecule has 3 saturated heterocycles. The van der Waals surface area contributed by atoms with E-state index in [1.54, 1.807) is 4.90 Å². The SMILES string of the molecule is COC(=O)N1CCCC(NC(=O)NC2CC3CCC(C2)N3Cc2ccccc2)C1. The quantitative estimate of drug-likeness (QED) is 0.815. The normalized spacial score (nSPS) is 29.3. The fraction of sp³-hybridized carbons (Fsp3) is 0.636. The number of urea groups is 1. The number of nitrogens with one attached hydrogen (secondary N) is 2. The maximum absolute atomic E-state index is 12.6. The van der Waals surface area contributed by atoms with Crippen LogP contribution in [0, 0.1) is 0 Å². The molecule has 1 aromatic carbocycles. The van der Waals surface area contributed by atoms with Gasteiger partial charge >= 0.3 is 12.1 Å². The van der Waals surface area contributed by atoms with Crippen molar-refractivity contribution in [3.63, 3.8) is 0 Å². The average Bonchev–Trinajstić information content (AvgIpc) is 2.96. The summed E-state index contributed by atoms with van der Waals surface area (Å²) < 4.78 is 4.80. The molecule has 0 radical (unpaired) electrons. The van der Waals surface area contributed by atoms with Gasteiger partial charge in [-0.1, -0.05) is 30.3 Å². The number of likely N-dealkylation sites (tertiary alicyclic amines) is 1. The van der Waals surface area contributed by atoms with E-state index in [-0.39, 0.29) is 24.2 Å². The molecule has 0 spiro atoms. The van der Waals surface area contributed by atoms with Crippen LogP contribution in [-0.4, -0.2) is 66.3 Å². The van der Waals surface area contributed by atoms with Crippen molar-refractivity contribution in [3.8, 4) is 0 Å². The smallest absolute Gasteiger partial charge is 0.409 e. The molecule has 3 aliphatic rings. The largest absolute Gasteiger partial charge is 0.453 e. The highest BCUT2D eigenvalue weighted by Gasteiger charge is 2.41. The van der Waals surface area contributed by atoms with E-state index in [9.17, 15) is 9.59 Å². The molecule has 3 fully saturated rings. The van der Waals surface area contributed by atoms with Gasteiger partial charge in [0.15, 0.2) is 0 Å². The molecule has 2 bridgehead atoms. The van der Waals surface area contributed by atoms with E-state index in [1.165, 1.54) is 25.5 Å². The second kappa shape index (κ2) is 9.03. The Labute approximate surface area is 172 Å². The van der Waals surface area contributed by atoms with E-state index < -0.39 is 0 Å². The van der Waals surface area contributed by atoms with Gasteiger partial charge in [0.2, 0.25) is 0 Å². The minimum absolute atomic E-state index is 0.0160. The monoisotopic (exact) mass is 400 g/mol. The van der Waals surface area contributed by atoms with Crippen LogP contribution in [-0.2, 0) is 11.3 Å². The van der Waals surface area contributed by atoms with Gasteiger partial charge in [0.25, 0.3) is 0 Å². The van der Waals surface area contributed by atoms with Crippen LogP contribution in [0.2, 0.25) is 0 Å². The van der Waals surface area contributed by atoms with E-state index in [4.69, 9.17) is 4.74 Å². The van der Waals surface area contributed by atoms with Gasteiger partial charge in [0.1, 0.15) is 0 Å². The van der Waals surface area contributed by atoms with Crippen molar-refractivity contribution in [3.05, 3.63) is 35.9 Å². The molecule has 7 nitrogen and oxygen atoms in total. The number of amides is 3. The summed E-state index contributed by atoms with van der Waals surface area (Å²) in [7, 11) is 1.39. The summed E-state index contributed by atoms with van der Waals surface area (Å²) in [6.45, 7) is 2.21. The minimum Gasteiger partial charge on any atom is -0.453 e. The first-order chi connectivity index (χ1) is 14.1. The summed E-state index contributed by atoms with van der Waals surface area (Å²) in [6.07, 6.45) is 5.90. The van der Waals surface area contributed by atoms with E-state index in [1.807, 2.05) is 0 Å². The first-order valence-corrected chi connectivity index (χ1v) is 10.8. The van der Waals surface area contributed by atoms with E-state index in [0.717, 1.165) is 32.2 Å². The van der Waals surface area contributed by atoms with Crippen molar-refractivity contribution in [2.24, 2.45) is 0 Å². The molecule has 0 saturated carbocycles. The topological polar surface area (TPSA) is 73.9 Å². The zero-order chi connectivity index (χ0) is 20.2. The van der Waals surface area contributed by atoms with Gasteiger partial charge in [-0.05, 0) is 44.1 Å². The van der Waals surface area contributed by atoms with Gasteiger partial charge in [-0.25, -0.2) is 9.59 Å². The molecule has 3 atom stereocenters. The Morgan fingerprint density at radius 2 is 1.72 bits per heavy atom. The molecule has 158 valence electrons. The Hall–Kier alpha value is -2.28. The molecule has 3 aliphatic heterocycles. The predicted molar refractivity (Wildman–Crippen MR) is 110 cm³/mol. The fourth-order valence-corrected chi connectivity index (χ4v) is 5.25. The second-order valence-electron chi connectivity index (χ2n) is 8.58. The molecule has 3 amide bonds. The number of carbonyl (C=O) groups excluding carboxylic acids is 2. The Morgan fingerprint density at radius 1 is 1.03 bits per heavy atom. The summed E-state index contributed by atoms with van der Waals surface area (Å²) in [5.41, 5.74) is 1.36. The van der Waals surface area contributed by atoms with Crippen LogP contribution in [0.15, 0.2) is 30.3 Å². The maximum atomic E-state index is 12.6. The van der Waals surface area contributed by atoms with Crippen LogP contribution in [0.1, 0.15) is 44.1 Å². The fourth-order valence-electron chi connectivity index (χ4n) is 5.25. The first-order valence-electron chi connectivity index (χ1n) is 10.8. The molecule has 2 N–H and O–H groups in total. The van der Waals surface area contributed by atoms with Crippen molar-refractivity contribution >= 4 is 12.1 Å². The number of rotatable bonds is 4. The number of methoxy groups -OCH3 is 1. The Bertz CT molecular complexity index is 699. The second-order valence-corrected chi connectivity index (χ2v) is 8.58. The molecule has 0 aromatic heterocycles. The maximum Gasteiger partial charge on any atom is 0.409 e. The van der Waals surface area contributed by atoms with Gasteiger partial charge in [-0.2, -0.15) is 0 Å². The van der Waals surface area contributed by atoms with Gasteiger partial charge in [-0.3, -0.25) is 4.90 Å². The number of nitrogens with zero attached hydrogens (tertiary/aromatic N) is 2. The standard InChI is InChI=1S/C22H32N4O3/c1-29-22(28)25-11-5-8-17(15-25)23-21(27)24-18-12-19-9-10-20(13-18)26(19)14-16-6-3-2-4-7-16/h2-4,6-7,17-20H,5,8-15H2,1H3,(H2,23,24,27). The lowest BCUT2D eigenvalue weighted by Crippen LogP contribution is -2.55. The third-order valence-electron chi connectivity index (χ3n) is 6.62. The lowest BCUT2D eigenvalue weighted by molar-refractivity contribution is 0.104. The van der Waals surface area contributed by atoms with Gasteiger partial charge in [-0.15, -0.1) is 0 Å². The number of ether oxygens (including phenoxy) is 1. The summed E-state index contributed by atoms with van der Waals surface area (Å²) in [5, 5.41) is 6.26. The molecule has 0 aliphatic carbocycles. The van der Waals surface area contributed by atoms with Gasteiger partial charge < -0.3 is 20.3 Å². The molecule has 29 heavy (non-hydrogen) atoms. The number of piperidine rings is 2.